The molecule has 0 amide bonds. The van der Waals surface area contributed by atoms with Crippen LogP contribution in [0.5, 0.6) is 5.75 Å². The van der Waals surface area contributed by atoms with E-state index in [0.717, 1.165) is 4.47 Å². The molecule has 0 bridgehead atoms. The van der Waals surface area contributed by atoms with E-state index >= 15 is 0 Å². The number of ether oxygens (including phenoxy) is 1. The molecule has 0 aliphatic heterocycles. The molecule has 7 heteroatoms. The molecule has 0 aliphatic carbocycles. The van der Waals surface area contributed by atoms with Crippen LogP contribution in [0.25, 0.3) is 0 Å². The summed E-state index contributed by atoms with van der Waals surface area (Å²) in [6, 6.07) is 14.1. The molecule has 2 aromatic carbocycles. The van der Waals surface area contributed by atoms with E-state index in [4.69, 9.17) is 9.88 Å². The van der Waals surface area contributed by atoms with Crippen LogP contribution in [0.2, 0.25) is 4.47 Å². The van der Waals surface area contributed by atoms with E-state index in [9.17, 15) is 13.5 Å². The van der Waals surface area contributed by atoms with Crippen LogP contribution < -0.4 is 13.5 Å². The van der Waals surface area contributed by atoms with Crippen molar-refractivity contribution in [2.24, 2.45) is 5.14 Å². The average Bonchev–Trinajstić information content (AvgIpc) is 2.51. The summed E-state index contributed by atoms with van der Waals surface area (Å²) in [5, 5.41) is 15.1. The SMILES string of the molecule is Cc1ccccc1[Te]CC(O)COc1ccc(S(N)(=O)=O)cc1. The van der Waals surface area contributed by atoms with Crippen LogP contribution in [0.1, 0.15) is 5.56 Å². The number of nitrogens with two attached hydrogens (primary N) is 1. The standard InChI is InChI=1S/C16H19NO4STe/c1-12-4-2-3-5-16(12)23-11-13(18)10-21-14-6-8-15(9-7-14)22(17,19)20/h2-9,13,18H,10-11H2,1H3,(H2,17,19,20). The van der Waals surface area contributed by atoms with Gasteiger partial charge in [0, 0.05) is 0 Å². The van der Waals surface area contributed by atoms with E-state index in [-0.39, 0.29) is 11.5 Å². The fourth-order valence-electron chi connectivity index (χ4n) is 1.87. The molecule has 2 rings (SSSR count). The zero-order chi connectivity index (χ0) is 16.9. The Morgan fingerprint density at radius 1 is 1.17 bits per heavy atom. The first-order valence-corrected chi connectivity index (χ1v) is 11.3. The molecule has 23 heavy (non-hydrogen) atoms. The van der Waals surface area contributed by atoms with Gasteiger partial charge in [-0.1, -0.05) is 0 Å². The second-order valence-electron chi connectivity index (χ2n) is 5.06. The Morgan fingerprint density at radius 3 is 2.43 bits per heavy atom. The van der Waals surface area contributed by atoms with Gasteiger partial charge in [-0.3, -0.25) is 0 Å². The Bertz CT molecular complexity index is 747. The van der Waals surface area contributed by atoms with Crippen LogP contribution in [0.4, 0.5) is 0 Å². The van der Waals surface area contributed by atoms with Crippen LogP contribution >= 0.6 is 0 Å². The first-order valence-electron chi connectivity index (χ1n) is 6.98. The third kappa shape index (κ3) is 5.79. The van der Waals surface area contributed by atoms with Crippen LogP contribution in [-0.4, -0.2) is 47.2 Å². The Kier molecular flexibility index (Phi) is 6.45. The summed E-state index contributed by atoms with van der Waals surface area (Å²) in [4.78, 5) is 0.0388. The first kappa shape index (κ1) is 18.2. The number of sulfonamides is 1. The molecule has 1 unspecified atom stereocenters. The first-order chi connectivity index (χ1) is 10.9. The van der Waals surface area contributed by atoms with E-state index in [0.29, 0.717) is 5.75 Å². The van der Waals surface area contributed by atoms with Crippen LogP contribution in [0.3, 0.4) is 0 Å². The number of hydrogen-bond acceptors (Lipinski definition) is 4. The molecule has 2 aromatic rings. The predicted molar refractivity (Wildman–Crippen MR) is 90.7 cm³/mol. The second-order valence-corrected chi connectivity index (χ2v) is 9.65. The molecule has 0 heterocycles. The van der Waals surface area contributed by atoms with Crippen molar-refractivity contribution in [2.45, 2.75) is 22.4 Å². The summed E-state index contributed by atoms with van der Waals surface area (Å²) in [7, 11) is -3.69. The number of benzene rings is 2. The molecular weight excluding hydrogens is 430 g/mol. The van der Waals surface area contributed by atoms with Crippen molar-refractivity contribution in [3.8, 4) is 5.75 Å². The van der Waals surface area contributed by atoms with Crippen molar-refractivity contribution in [1.82, 2.24) is 0 Å². The minimum absolute atomic E-state index is 0.0388. The number of aliphatic hydroxyl groups excluding tert-OH is 1. The minimum atomic E-state index is -3.69. The Morgan fingerprint density at radius 2 is 1.83 bits per heavy atom. The predicted octanol–water partition coefficient (Wildman–Crippen LogP) is 0.830. The van der Waals surface area contributed by atoms with Gasteiger partial charge in [0.25, 0.3) is 0 Å². The third-order valence-electron chi connectivity index (χ3n) is 3.12. The molecule has 0 aliphatic rings. The third-order valence-corrected chi connectivity index (χ3v) is 7.82. The van der Waals surface area contributed by atoms with E-state index in [1.54, 1.807) is 0 Å². The normalized spacial score (nSPS) is 12.8. The topological polar surface area (TPSA) is 89.6 Å². The van der Waals surface area contributed by atoms with Gasteiger partial charge in [0.15, 0.2) is 0 Å². The molecule has 0 spiro atoms. The van der Waals surface area contributed by atoms with Gasteiger partial charge in [0.2, 0.25) is 0 Å². The van der Waals surface area contributed by atoms with Gasteiger partial charge >= 0.3 is 147 Å². The molecule has 0 saturated heterocycles. The Balaban J connectivity index is 1.82. The van der Waals surface area contributed by atoms with Crippen LogP contribution in [0.15, 0.2) is 53.4 Å². The quantitative estimate of drug-likeness (QED) is 0.614. The van der Waals surface area contributed by atoms with Gasteiger partial charge in [-0.2, -0.15) is 0 Å². The van der Waals surface area contributed by atoms with Gasteiger partial charge < -0.3 is 0 Å². The van der Waals surface area contributed by atoms with E-state index in [1.807, 2.05) is 12.1 Å². The number of rotatable bonds is 7. The van der Waals surface area contributed by atoms with Crippen molar-refractivity contribution in [3.05, 3.63) is 54.1 Å². The molecule has 0 radical (unpaired) electrons. The van der Waals surface area contributed by atoms with E-state index < -0.39 is 37.1 Å². The second kappa shape index (κ2) is 8.13. The van der Waals surface area contributed by atoms with Crippen LogP contribution in [0, 0.1) is 6.92 Å². The van der Waals surface area contributed by atoms with Gasteiger partial charge in [-0.15, -0.1) is 0 Å². The monoisotopic (exact) mass is 451 g/mol. The maximum atomic E-state index is 11.2. The molecular formula is C16H19NO4STe. The molecule has 0 fully saturated rings. The van der Waals surface area contributed by atoms with Gasteiger partial charge in [0.05, 0.1) is 0 Å². The van der Waals surface area contributed by atoms with Gasteiger partial charge in [0.1, 0.15) is 0 Å². The van der Waals surface area contributed by atoms with Crippen molar-refractivity contribution in [3.63, 3.8) is 0 Å². The Hall–Kier alpha value is -1.10. The zero-order valence-corrected chi connectivity index (χ0v) is 15.8. The maximum absolute atomic E-state index is 11.2. The van der Waals surface area contributed by atoms with E-state index in [2.05, 4.69) is 19.1 Å². The van der Waals surface area contributed by atoms with Crippen LogP contribution in [-0.2, 0) is 10.0 Å². The summed E-state index contributed by atoms with van der Waals surface area (Å²) >= 11 is -0.455. The summed E-state index contributed by atoms with van der Waals surface area (Å²) in [6.45, 7) is 2.27. The van der Waals surface area contributed by atoms with E-state index in [1.165, 1.54) is 33.4 Å². The molecule has 3 N–H and O–H groups in total. The molecule has 0 aromatic heterocycles. The van der Waals surface area contributed by atoms with Crippen molar-refractivity contribution in [1.29, 1.82) is 0 Å². The van der Waals surface area contributed by atoms with Gasteiger partial charge in [-0.25, -0.2) is 0 Å². The van der Waals surface area contributed by atoms with Crippen molar-refractivity contribution >= 4 is 34.6 Å². The molecule has 0 saturated carbocycles. The summed E-state index contributed by atoms with van der Waals surface area (Å²) in [6.07, 6.45) is -0.532. The summed E-state index contributed by atoms with van der Waals surface area (Å²) < 4.78 is 29.9. The molecule has 1 atom stereocenters. The fraction of sp³-hybridized carbons (Fsp3) is 0.250. The number of hydrogen-bond donors (Lipinski definition) is 2. The zero-order valence-electron chi connectivity index (χ0n) is 12.7. The molecule has 5 nitrogen and oxygen atoms in total. The number of primary sulfonamides is 1. The fourth-order valence-corrected chi connectivity index (χ4v) is 5.06. The van der Waals surface area contributed by atoms with Crippen molar-refractivity contribution < 1.29 is 18.3 Å². The Labute approximate surface area is 146 Å². The molecule has 124 valence electrons. The van der Waals surface area contributed by atoms with Crippen molar-refractivity contribution in [2.75, 3.05) is 6.61 Å². The number of aliphatic hydroxyl groups is 1. The van der Waals surface area contributed by atoms with Gasteiger partial charge in [-0.05, 0) is 0 Å². The summed E-state index contributed by atoms with van der Waals surface area (Å²) in [5.41, 5.74) is 1.27. The summed E-state index contributed by atoms with van der Waals surface area (Å²) in [5.74, 6) is 0.507. The average molecular weight is 449 g/mol. The number of aryl methyl sites for hydroxylation is 1.